The quantitative estimate of drug-likeness (QED) is 0.384. The molecule has 34 heavy (non-hydrogen) atoms. The standard InChI is InChI=1S/C26H19BrFNO5/c1-13-3-5-14(6-4-13)12-29-22(15-9-18(27)24(31)20(10-15)33-2)21-23(30)17-11-16(28)7-8-19(17)34-25(21)26(29)32/h3-11,22,31H,12H2,1-2H3/t22-/m1/s1. The number of methoxy groups -OCH3 is 1. The highest BCUT2D eigenvalue weighted by molar-refractivity contribution is 9.10. The van der Waals surface area contributed by atoms with Gasteiger partial charge in [-0.1, -0.05) is 29.8 Å². The molecule has 2 heterocycles. The zero-order valence-corrected chi connectivity index (χ0v) is 19.8. The monoisotopic (exact) mass is 523 g/mol. The van der Waals surface area contributed by atoms with E-state index < -0.39 is 23.2 Å². The molecule has 0 radical (unpaired) electrons. The number of phenolic OH excluding ortho intramolecular Hbond substituents is 1. The van der Waals surface area contributed by atoms with Crippen LogP contribution in [0.3, 0.4) is 0 Å². The Labute approximate surface area is 202 Å². The molecule has 5 rings (SSSR count). The van der Waals surface area contributed by atoms with Crippen molar-refractivity contribution in [1.82, 2.24) is 4.90 Å². The number of ether oxygens (including phenoxy) is 1. The number of halogens is 2. The largest absolute Gasteiger partial charge is 0.503 e. The molecule has 6 nitrogen and oxygen atoms in total. The second kappa shape index (κ2) is 8.29. The minimum atomic E-state index is -0.835. The van der Waals surface area contributed by atoms with Gasteiger partial charge in [0, 0.05) is 6.54 Å². The van der Waals surface area contributed by atoms with Crippen molar-refractivity contribution in [2.75, 3.05) is 7.11 Å². The first-order valence-electron chi connectivity index (χ1n) is 10.5. The Morgan fingerprint density at radius 3 is 2.56 bits per heavy atom. The summed E-state index contributed by atoms with van der Waals surface area (Å²) in [5.74, 6) is -1.03. The number of nitrogens with zero attached hydrogens (tertiary/aromatic N) is 1. The fourth-order valence-corrected chi connectivity index (χ4v) is 4.76. The molecule has 4 aromatic rings. The summed E-state index contributed by atoms with van der Waals surface area (Å²) in [5.41, 5.74) is 2.25. The number of phenols is 1. The van der Waals surface area contributed by atoms with E-state index in [0.717, 1.165) is 17.2 Å². The Hall–Kier alpha value is -3.65. The maximum absolute atomic E-state index is 13.9. The number of carbonyl (C=O) groups is 1. The Kier molecular flexibility index (Phi) is 5.40. The van der Waals surface area contributed by atoms with Crippen molar-refractivity contribution in [3.05, 3.63) is 103 Å². The molecule has 1 amide bonds. The number of aromatic hydroxyl groups is 1. The molecule has 0 aliphatic carbocycles. The summed E-state index contributed by atoms with van der Waals surface area (Å²) < 4.78 is 25.4. The molecule has 1 atom stereocenters. The van der Waals surface area contributed by atoms with Crippen LogP contribution in [0.1, 0.15) is 38.9 Å². The zero-order valence-electron chi connectivity index (χ0n) is 18.3. The van der Waals surface area contributed by atoms with Crippen molar-refractivity contribution < 1.29 is 23.4 Å². The predicted octanol–water partition coefficient (Wildman–Crippen LogP) is 5.46. The second-order valence-electron chi connectivity index (χ2n) is 8.19. The third kappa shape index (κ3) is 3.54. The Bertz CT molecular complexity index is 1510. The van der Waals surface area contributed by atoms with Gasteiger partial charge in [-0.15, -0.1) is 0 Å². The number of benzene rings is 3. The van der Waals surface area contributed by atoms with Crippen molar-refractivity contribution in [3.8, 4) is 11.5 Å². The minimum absolute atomic E-state index is 0.0542. The highest BCUT2D eigenvalue weighted by Gasteiger charge is 2.43. The number of amides is 1. The topological polar surface area (TPSA) is 80.0 Å². The zero-order chi connectivity index (χ0) is 24.1. The summed E-state index contributed by atoms with van der Waals surface area (Å²) in [6, 6.07) is 13.7. The van der Waals surface area contributed by atoms with E-state index >= 15 is 0 Å². The summed E-state index contributed by atoms with van der Waals surface area (Å²) in [6.45, 7) is 2.18. The van der Waals surface area contributed by atoms with Crippen LogP contribution in [-0.2, 0) is 6.54 Å². The summed E-state index contributed by atoms with van der Waals surface area (Å²) >= 11 is 3.32. The van der Waals surface area contributed by atoms with E-state index in [-0.39, 0.29) is 40.3 Å². The number of hydrogen-bond donors (Lipinski definition) is 1. The average molecular weight is 524 g/mol. The number of carbonyl (C=O) groups excluding carboxylic acids is 1. The van der Waals surface area contributed by atoms with Crippen LogP contribution in [0.15, 0.2) is 68.3 Å². The van der Waals surface area contributed by atoms with E-state index in [9.17, 15) is 19.1 Å². The SMILES string of the molecule is COc1cc([C@@H]2c3c(oc4ccc(F)cc4c3=O)C(=O)N2Cc2ccc(C)cc2)cc(Br)c1O. The van der Waals surface area contributed by atoms with Gasteiger partial charge in [-0.25, -0.2) is 4.39 Å². The van der Waals surface area contributed by atoms with Crippen molar-refractivity contribution >= 4 is 32.8 Å². The molecule has 8 heteroatoms. The van der Waals surface area contributed by atoms with Crippen molar-refractivity contribution in [1.29, 1.82) is 0 Å². The van der Waals surface area contributed by atoms with Gasteiger partial charge >= 0.3 is 0 Å². The molecule has 3 aromatic carbocycles. The van der Waals surface area contributed by atoms with Crippen LogP contribution < -0.4 is 10.2 Å². The number of hydrogen-bond acceptors (Lipinski definition) is 5. The predicted molar refractivity (Wildman–Crippen MR) is 128 cm³/mol. The molecule has 0 spiro atoms. The van der Waals surface area contributed by atoms with Gasteiger partial charge in [0.2, 0.25) is 5.76 Å². The number of fused-ring (bicyclic) bond motifs is 2. The third-order valence-corrected chi connectivity index (χ3v) is 6.59. The Morgan fingerprint density at radius 1 is 1.12 bits per heavy atom. The third-order valence-electron chi connectivity index (χ3n) is 5.99. The van der Waals surface area contributed by atoms with Crippen LogP contribution in [0.5, 0.6) is 11.5 Å². The van der Waals surface area contributed by atoms with Gasteiger partial charge in [-0.3, -0.25) is 9.59 Å². The van der Waals surface area contributed by atoms with E-state index in [2.05, 4.69) is 15.9 Å². The Morgan fingerprint density at radius 2 is 1.85 bits per heavy atom. The number of aryl methyl sites for hydroxylation is 1. The molecule has 0 saturated heterocycles. The van der Waals surface area contributed by atoms with Gasteiger partial charge in [0.05, 0.1) is 28.6 Å². The summed E-state index contributed by atoms with van der Waals surface area (Å²) in [6.07, 6.45) is 0. The number of rotatable bonds is 4. The van der Waals surface area contributed by atoms with E-state index in [0.29, 0.717) is 10.0 Å². The lowest BCUT2D eigenvalue weighted by Crippen LogP contribution is -2.29. The lowest BCUT2D eigenvalue weighted by molar-refractivity contribution is 0.0714. The van der Waals surface area contributed by atoms with Gasteiger partial charge < -0.3 is 19.2 Å². The lowest BCUT2D eigenvalue weighted by Gasteiger charge is -2.26. The molecule has 1 aliphatic heterocycles. The van der Waals surface area contributed by atoms with Crippen molar-refractivity contribution in [2.24, 2.45) is 0 Å². The molecular formula is C26H19BrFNO5. The molecule has 0 saturated carbocycles. The molecule has 0 bridgehead atoms. The second-order valence-corrected chi connectivity index (χ2v) is 9.04. The highest BCUT2D eigenvalue weighted by Crippen LogP contribution is 2.44. The Balaban J connectivity index is 1.76. The van der Waals surface area contributed by atoms with Crippen molar-refractivity contribution in [2.45, 2.75) is 19.5 Å². The van der Waals surface area contributed by atoms with Crippen LogP contribution in [0.4, 0.5) is 4.39 Å². The molecule has 0 unspecified atom stereocenters. The van der Waals surface area contributed by atoms with E-state index in [1.54, 1.807) is 12.1 Å². The van der Waals surface area contributed by atoms with Crippen LogP contribution in [0, 0.1) is 12.7 Å². The van der Waals surface area contributed by atoms with Crippen LogP contribution in [0.2, 0.25) is 0 Å². The minimum Gasteiger partial charge on any atom is -0.503 e. The fourth-order valence-electron chi connectivity index (χ4n) is 4.30. The molecule has 1 N–H and O–H groups in total. The smallest absolute Gasteiger partial charge is 0.291 e. The molecular weight excluding hydrogens is 505 g/mol. The van der Waals surface area contributed by atoms with Crippen LogP contribution >= 0.6 is 15.9 Å². The van der Waals surface area contributed by atoms with E-state index in [4.69, 9.17) is 9.15 Å². The van der Waals surface area contributed by atoms with Crippen LogP contribution in [0.25, 0.3) is 11.0 Å². The summed E-state index contributed by atoms with van der Waals surface area (Å²) in [4.78, 5) is 28.6. The van der Waals surface area contributed by atoms with Gasteiger partial charge in [-0.2, -0.15) is 0 Å². The van der Waals surface area contributed by atoms with Crippen molar-refractivity contribution in [3.63, 3.8) is 0 Å². The summed E-state index contributed by atoms with van der Waals surface area (Å²) in [7, 11) is 1.41. The normalized spacial score (nSPS) is 15.1. The molecule has 0 fully saturated rings. The van der Waals surface area contributed by atoms with Gasteiger partial charge in [0.1, 0.15) is 11.4 Å². The maximum Gasteiger partial charge on any atom is 0.291 e. The van der Waals surface area contributed by atoms with Gasteiger partial charge in [-0.05, 0) is 64.3 Å². The van der Waals surface area contributed by atoms with Crippen LogP contribution in [-0.4, -0.2) is 23.0 Å². The lowest BCUT2D eigenvalue weighted by atomic mass is 9.97. The van der Waals surface area contributed by atoms with Gasteiger partial charge in [0.25, 0.3) is 5.91 Å². The fraction of sp³-hybridized carbons (Fsp3) is 0.154. The van der Waals surface area contributed by atoms with Gasteiger partial charge in [0.15, 0.2) is 16.9 Å². The maximum atomic E-state index is 13.9. The van der Waals surface area contributed by atoms with E-state index in [1.165, 1.54) is 24.1 Å². The molecule has 1 aliphatic rings. The first-order chi connectivity index (χ1) is 16.3. The average Bonchev–Trinajstić information content (AvgIpc) is 3.09. The molecule has 172 valence electrons. The first kappa shape index (κ1) is 22.2. The van der Waals surface area contributed by atoms with E-state index in [1.807, 2.05) is 31.2 Å². The highest BCUT2D eigenvalue weighted by atomic mass is 79.9. The summed E-state index contributed by atoms with van der Waals surface area (Å²) in [5, 5.41) is 10.3. The first-order valence-corrected chi connectivity index (χ1v) is 11.3. The molecule has 1 aromatic heterocycles.